The van der Waals surface area contributed by atoms with Crippen LogP contribution < -0.4 is 5.32 Å². The molecule has 0 heterocycles. The Bertz CT molecular complexity index is 700. The third kappa shape index (κ3) is 4.05. The molecule has 1 atom stereocenters. The molecule has 24 heavy (non-hydrogen) atoms. The van der Waals surface area contributed by atoms with Gasteiger partial charge in [0.1, 0.15) is 5.60 Å². The number of halogens is 1. The van der Waals surface area contributed by atoms with E-state index in [1.165, 1.54) is 0 Å². The lowest BCUT2D eigenvalue weighted by atomic mass is 9.88. The molecule has 1 amide bonds. The Morgan fingerprint density at radius 3 is 2.46 bits per heavy atom. The average Bonchev–Trinajstić information content (AvgIpc) is 3.45. The molecule has 2 N–H and O–H groups in total. The molecule has 0 saturated heterocycles. The van der Waals surface area contributed by atoms with Crippen LogP contribution in [0.2, 0.25) is 0 Å². The van der Waals surface area contributed by atoms with Crippen molar-refractivity contribution < 1.29 is 9.90 Å². The molecule has 1 aliphatic carbocycles. The third-order valence-corrected chi connectivity index (χ3v) is 5.43. The number of aliphatic hydroxyl groups is 1. The van der Waals surface area contributed by atoms with Crippen LogP contribution in [0.1, 0.15) is 30.4 Å². The average molecular weight is 388 g/mol. The number of carbonyl (C=O) groups excluding carboxylic acids is 1. The summed E-state index contributed by atoms with van der Waals surface area (Å²) in [6.07, 6.45) is 3.12. The van der Waals surface area contributed by atoms with E-state index in [1.807, 2.05) is 54.6 Å². The molecule has 126 valence electrons. The fraction of sp³-hybridized carbons (Fsp3) is 0.350. The van der Waals surface area contributed by atoms with Gasteiger partial charge in [0.05, 0.1) is 6.54 Å². The number of benzene rings is 2. The van der Waals surface area contributed by atoms with Crippen molar-refractivity contribution in [2.45, 2.75) is 31.3 Å². The normalized spacial score (nSPS) is 16.4. The van der Waals surface area contributed by atoms with Crippen molar-refractivity contribution >= 4 is 21.8 Å². The van der Waals surface area contributed by atoms with E-state index < -0.39 is 5.60 Å². The van der Waals surface area contributed by atoms with E-state index in [4.69, 9.17) is 0 Å². The van der Waals surface area contributed by atoms with Crippen LogP contribution in [0.15, 0.2) is 59.1 Å². The Balaban J connectivity index is 1.57. The first-order valence-electron chi connectivity index (χ1n) is 8.37. The smallest absolute Gasteiger partial charge is 0.220 e. The van der Waals surface area contributed by atoms with Crippen molar-refractivity contribution in [3.8, 4) is 0 Å². The fourth-order valence-corrected chi connectivity index (χ4v) is 3.52. The van der Waals surface area contributed by atoms with Crippen molar-refractivity contribution in [3.63, 3.8) is 0 Å². The maximum absolute atomic E-state index is 12.2. The standard InChI is InChI=1S/C20H22BrNO2/c21-18-9-5-4-6-15(18)10-13-19(23)22-14-20(24,17-11-12-17)16-7-2-1-3-8-16/h1-9,17,24H,10-14H2,(H,22,23)/t20-/m0/s1. The molecule has 3 rings (SSSR count). The van der Waals surface area contributed by atoms with E-state index >= 15 is 0 Å². The Morgan fingerprint density at radius 1 is 1.12 bits per heavy atom. The lowest BCUT2D eigenvalue weighted by molar-refractivity contribution is -0.122. The second kappa shape index (κ2) is 7.49. The molecule has 0 radical (unpaired) electrons. The maximum Gasteiger partial charge on any atom is 0.220 e. The highest BCUT2D eigenvalue weighted by Crippen LogP contribution is 2.45. The van der Waals surface area contributed by atoms with Gasteiger partial charge in [0.2, 0.25) is 5.91 Å². The molecule has 3 nitrogen and oxygen atoms in total. The Kier molecular flexibility index (Phi) is 5.36. The minimum Gasteiger partial charge on any atom is -0.383 e. The van der Waals surface area contributed by atoms with Crippen LogP contribution in [0.5, 0.6) is 0 Å². The highest BCUT2D eigenvalue weighted by atomic mass is 79.9. The number of aryl methyl sites for hydroxylation is 1. The molecule has 2 aromatic carbocycles. The number of carbonyl (C=O) groups is 1. The van der Waals surface area contributed by atoms with E-state index in [2.05, 4.69) is 21.2 Å². The van der Waals surface area contributed by atoms with Crippen molar-refractivity contribution in [1.29, 1.82) is 0 Å². The molecule has 2 aromatic rings. The zero-order valence-electron chi connectivity index (χ0n) is 13.5. The molecule has 1 saturated carbocycles. The summed E-state index contributed by atoms with van der Waals surface area (Å²) < 4.78 is 1.02. The topological polar surface area (TPSA) is 49.3 Å². The molecule has 0 bridgehead atoms. The van der Waals surface area contributed by atoms with E-state index in [-0.39, 0.29) is 18.4 Å². The molecule has 1 aliphatic rings. The van der Waals surface area contributed by atoms with Crippen molar-refractivity contribution in [2.75, 3.05) is 6.54 Å². The zero-order chi connectivity index (χ0) is 17.0. The number of nitrogens with one attached hydrogen (secondary N) is 1. The van der Waals surface area contributed by atoms with Gasteiger partial charge in [-0.3, -0.25) is 4.79 Å². The summed E-state index contributed by atoms with van der Waals surface area (Å²) in [5.41, 5.74) is 1.05. The number of hydrogen-bond acceptors (Lipinski definition) is 2. The predicted molar refractivity (Wildman–Crippen MR) is 98.5 cm³/mol. The van der Waals surface area contributed by atoms with Gasteiger partial charge in [-0.25, -0.2) is 0 Å². The van der Waals surface area contributed by atoms with E-state index in [0.29, 0.717) is 12.8 Å². The van der Waals surface area contributed by atoms with Gasteiger partial charge in [-0.15, -0.1) is 0 Å². The SMILES string of the molecule is O=C(CCc1ccccc1Br)NC[C@](O)(c1ccccc1)C1CC1. The summed E-state index contributed by atoms with van der Waals surface area (Å²) in [6.45, 7) is 0.274. The van der Waals surface area contributed by atoms with Crippen LogP contribution in [0.3, 0.4) is 0 Å². The second-order valence-electron chi connectivity index (χ2n) is 6.43. The quantitative estimate of drug-likeness (QED) is 0.758. The summed E-state index contributed by atoms with van der Waals surface area (Å²) in [7, 11) is 0. The Morgan fingerprint density at radius 2 is 1.79 bits per heavy atom. The molecule has 4 heteroatoms. The maximum atomic E-state index is 12.2. The lowest BCUT2D eigenvalue weighted by Crippen LogP contribution is -2.42. The summed E-state index contributed by atoms with van der Waals surface area (Å²) in [5.74, 6) is 0.212. The van der Waals surface area contributed by atoms with Crippen molar-refractivity contribution in [1.82, 2.24) is 5.32 Å². The van der Waals surface area contributed by atoms with Crippen LogP contribution in [0, 0.1) is 5.92 Å². The molecule has 0 aromatic heterocycles. The van der Waals surface area contributed by atoms with Crippen LogP contribution in [-0.2, 0) is 16.8 Å². The van der Waals surface area contributed by atoms with Gasteiger partial charge in [-0.05, 0) is 42.4 Å². The zero-order valence-corrected chi connectivity index (χ0v) is 15.1. The highest BCUT2D eigenvalue weighted by molar-refractivity contribution is 9.10. The lowest BCUT2D eigenvalue weighted by Gasteiger charge is -2.29. The van der Waals surface area contributed by atoms with Crippen LogP contribution in [0.4, 0.5) is 0 Å². The van der Waals surface area contributed by atoms with Gasteiger partial charge in [-0.1, -0.05) is 64.5 Å². The molecule has 0 spiro atoms. The molecule has 1 fully saturated rings. The Labute approximate surface area is 151 Å². The molecule has 0 aliphatic heterocycles. The van der Waals surface area contributed by atoms with Crippen LogP contribution in [0.25, 0.3) is 0 Å². The molecule has 0 unspecified atom stereocenters. The van der Waals surface area contributed by atoms with Gasteiger partial charge in [0.15, 0.2) is 0 Å². The first-order chi connectivity index (χ1) is 11.6. The van der Waals surface area contributed by atoms with E-state index in [1.54, 1.807) is 0 Å². The summed E-state index contributed by atoms with van der Waals surface area (Å²) in [6, 6.07) is 17.6. The minimum absolute atomic E-state index is 0.0271. The van der Waals surface area contributed by atoms with Crippen LogP contribution >= 0.6 is 15.9 Å². The van der Waals surface area contributed by atoms with Gasteiger partial charge in [0, 0.05) is 10.9 Å². The van der Waals surface area contributed by atoms with Gasteiger partial charge in [-0.2, -0.15) is 0 Å². The Hall–Kier alpha value is -1.65. The fourth-order valence-electron chi connectivity index (χ4n) is 3.04. The third-order valence-electron chi connectivity index (χ3n) is 4.66. The van der Waals surface area contributed by atoms with E-state index in [9.17, 15) is 9.90 Å². The minimum atomic E-state index is -0.954. The molecular formula is C20H22BrNO2. The highest BCUT2D eigenvalue weighted by Gasteiger charge is 2.45. The number of amides is 1. The number of hydrogen-bond donors (Lipinski definition) is 2. The van der Waals surface area contributed by atoms with Gasteiger partial charge < -0.3 is 10.4 Å². The van der Waals surface area contributed by atoms with Gasteiger partial charge >= 0.3 is 0 Å². The monoisotopic (exact) mass is 387 g/mol. The first-order valence-corrected chi connectivity index (χ1v) is 9.17. The molecular weight excluding hydrogens is 366 g/mol. The summed E-state index contributed by atoms with van der Waals surface area (Å²) in [4.78, 5) is 12.2. The van der Waals surface area contributed by atoms with E-state index in [0.717, 1.165) is 28.4 Å². The second-order valence-corrected chi connectivity index (χ2v) is 7.29. The largest absolute Gasteiger partial charge is 0.383 e. The first kappa shape index (κ1) is 17.2. The summed E-state index contributed by atoms with van der Waals surface area (Å²) >= 11 is 3.50. The van der Waals surface area contributed by atoms with Crippen molar-refractivity contribution in [3.05, 3.63) is 70.2 Å². The predicted octanol–water partition coefficient (Wildman–Crippen LogP) is 3.80. The summed E-state index contributed by atoms with van der Waals surface area (Å²) in [5, 5.41) is 14.0. The van der Waals surface area contributed by atoms with Crippen molar-refractivity contribution in [2.24, 2.45) is 5.92 Å². The van der Waals surface area contributed by atoms with Gasteiger partial charge in [0.25, 0.3) is 0 Å². The van der Waals surface area contributed by atoms with Crippen LogP contribution in [-0.4, -0.2) is 17.6 Å². The number of rotatable bonds is 7.